The average Bonchev–Trinajstić information content (AvgIpc) is 1.97. The summed E-state index contributed by atoms with van der Waals surface area (Å²) in [6.07, 6.45) is 0. The average molecular weight is 167 g/mol. The van der Waals surface area contributed by atoms with Gasteiger partial charge in [-0.05, 0) is 37.1 Å². The topological polar surface area (TPSA) is 12.0 Å². The molecule has 1 nitrogen and oxygen atoms in total. The lowest BCUT2D eigenvalue weighted by atomic mass is 10.1. The van der Waals surface area contributed by atoms with Gasteiger partial charge < -0.3 is 5.32 Å². The molecule has 0 atom stereocenters. The van der Waals surface area contributed by atoms with Crippen LogP contribution >= 0.6 is 12.6 Å². The number of thiol groups is 1. The second-order valence-corrected chi connectivity index (χ2v) is 3.19. The quantitative estimate of drug-likeness (QED) is 0.613. The van der Waals surface area contributed by atoms with Gasteiger partial charge in [-0.1, -0.05) is 0 Å². The van der Waals surface area contributed by atoms with Crippen LogP contribution in [-0.4, -0.2) is 7.05 Å². The summed E-state index contributed by atoms with van der Waals surface area (Å²) in [6.45, 7) is 4.13. The molecule has 0 spiro atoms. The van der Waals surface area contributed by atoms with Crippen molar-refractivity contribution in [2.24, 2.45) is 0 Å². The van der Waals surface area contributed by atoms with Crippen LogP contribution in [0.3, 0.4) is 0 Å². The van der Waals surface area contributed by atoms with E-state index in [1.165, 1.54) is 16.8 Å². The number of anilines is 1. The molecule has 0 saturated carbocycles. The van der Waals surface area contributed by atoms with E-state index in [4.69, 9.17) is 0 Å². The van der Waals surface area contributed by atoms with Crippen LogP contribution in [0.1, 0.15) is 11.1 Å². The van der Waals surface area contributed by atoms with E-state index < -0.39 is 0 Å². The Balaban J connectivity index is 3.21. The van der Waals surface area contributed by atoms with Crippen LogP contribution in [0.5, 0.6) is 0 Å². The highest BCUT2D eigenvalue weighted by atomic mass is 32.1. The van der Waals surface area contributed by atoms with Crippen LogP contribution in [0.25, 0.3) is 0 Å². The van der Waals surface area contributed by atoms with Crippen molar-refractivity contribution in [1.29, 1.82) is 0 Å². The third-order valence-corrected chi connectivity index (χ3v) is 2.29. The molecule has 11 heavy (non-hydrogen) atoms. The van der Waals surface area contributed by atoms with Crippen molar-refractivity contribution in [3.63, 3.8) is 0 Å². The number of hydrogen-bond donors (Lipinski definition) is 2. The highest BCUT2D eigenvalue weighted by Crippen LogP contribution is 2.22. The van der Waals surface area contributed by atoms with Crippen molar-refractivity contribution < 1.29 is 0 Å². The Kier molecular flexibility index (Phi) is 2.45. The number of aryl methyl sites for hydroxylation is 2. The molecule has 60 valence electrons. The number of nitrogens with one attached hydrogen (secondary N) is 1. The van der Waals surface area contributed by atoms with Gasteiger partial charge in [0, 0.05) is 17.6 Å². The molecule has 0 aliphatic carbocycles. The van der Waals surface area contributed by atoms with E-state index >= 15 is 0 Å². The zero-order valence-electron chi connectivity index (χ0n) is 7.10. The molecule has 0 aromatic heterocycles. The predicted octanol–water partition coefficient (Wildman–Crippen LogP) is 2.63. The van der Waals surface area contributed by atoms with Crippen molar-refractivity contribution in [3.05, 3.63) is 23.3 Å². The molecule has 1 aromatic rings. The van der Waals surface area contributed by atoms with Gasteiger partial charge in [0.15, 0.2) is 0 Å². The molecule has 1 N–H and O–H groups in total. The first-order valence-corrected chi connectivity index (χ1v) is 4.08. The molecule has 0 saturated heterocycles. The summed E-state index contributed by atoms with van der Waals surface area (Å²) in [4.78, 5) is 1.06. The molecule has 0 fully saturated rings. The van der Waals surface area contributed by atoms with E-state index in [0.717, 1.165) is 4.90 Å². The molecule has 0 heterocycles. The van der Waals surface area contributed by atoms with Crippen molar-refractivity contribution in [2.75, 3.05) is 12.4 Å². The maximum atomic E-state index is 4.33. The summed E-state index contributed by atoms with van der Waals surface area (Å²) in [5.74, 6) is 0. The van der Waals surface area contributed by atoms with E-state index in [1.807, 2.05) is 7.05 Å². The van der Waals surface area contributed by atoms with Crippen molar-refractivity contribution >= 4 is 18.3 Å². The van der Waals surface area contributed by atoms with Gasteiger partial charge in [0.05, 0.1) is 0 Å². The van der Waals surface area contributed by atoms with Gasteiger partial charge in [-0.2, -0.15) is 0 Å². The minimum Gasteiger partial charge on any atom is -0.388 e. The van der Waals surface area contributed by atoms with Crippen molar-refractivity contribution in [2.45, 2.75) is 18.7 Å². The van der Waals surface area contributed by atoms with Crippen molar-refractivity contribution in [1.82, 2.24) is 0 Å². The summed E-state index contributed by atoms with van der Waals surface area (Å²) < 4.78 is 0. The molecular formula is C9H13NS. The van der Waals surface area contributed by atoms with E-state index in [2.05, 4.69) is 43.9 Å². The standard InChI is InChI=1S/C9H13NS/c1-6-5-9(11)7(2)4-8(6)10-3/h4-5,10-11H,1-3H3. The lowest BCUT2D eigenvalue weighted by molar-refractivity contribution is 1.26. The van der Waals surface area contributed by atoms with E-state index in [-0.39, 0.29) is 0 Å². The van der Waals surface area contributed by atoms with Crippen LogP contribution < -0.4 is 5.32 Å². The summed E-state index contributed by atoms with van der Waals surface area (Å²) in [5.41, 5.74) is 3.63. The van der Waals surface area contributed by atoms with E-state index in [9.17, 15) is 0 Å². The fourth-order valence-electron chi connectivity index (χ4n) is 1.07. The number of rotatable bonds is 1. The molecule has 1 rings (SSSR count). The fourth-order valence-corrected chi connectivity index (χ4v) is 1.33. The van der Waals surface area contributed by atoms with Gasteiger partial charge in [-0.25, -0.2) is 0 Å². The van der Waals surface area contributed by atoms with Crippen LogP contribution in [-0.2, 0) is 0 Å². The highest BCUT2D eigenvalue weighted by molar-refractivity contribution is 7.80. The van der Waals surface area contributed by atoms with E-state index in [1.54, 1.807) is 0 Å². The second kappa shape index (κ2) is 3.18. The van der Waals surface area contributed by atoms with Gasteiger partial charge in [0.25, 0.3) is 0 Å². The number of benzene rings is 1. The zero-order chi connectivity index (χ0) is 8.43. The monoisotopic (exact) mass is 167 g/mol. The van der Waals surface area contributed by atoms with Crippen LogP contribution in [0.4, 0.5) is 5.69 Å². The Bertz CT molecular complexity index is 269. The summed E-state index contributed by atoms with van der Waals surface area (Å²) in [5, 5.41) is 3.13. The summed E-state index contributed by atoms with van der Waals surface area (Å²) >= 11 is 4.33. The fraction of sp³-hybridized carbons (Fsp3) is 0.333. The molecule has 2 heteroatoms. The molecular weight excluding hydrogens is 154 g/mol. The third kappa shape index (κ3) is 1.69. The Labute approximate surface area is 73.2 Å². The zero-order valence-corrected chi connectivity index (χ0v) is 8.00. The smallest absolute Gasteiger partial charge is 0.0370 e. The maximum absolute atomic E-state index is 4.33. The summed E-state index contributed by atoms with van der Waals surface area (Å²) in [6, 6.07) is 4.18. The molecule has 0 aliphatic rings. The Morgan fingerprint density at radius 1 is 1.18 bits per heavy atom. The van der Waals surface area contributed by atoms with Crippen LogP contribution in [0, 0.1) is 13.8 Å². The Hall–Kier alpha value is -0.630. The predicted molar refractivity (Wildman–Crippen MR) is 52.7 cm³/mol. The summed E-state index contributed by atoms with van der Waals surface area (Å²) in [7, 11) is 1.93. The third-order valence-electron chi connectivity index (χ3n) is 1.81. The first-order valence-electron chi connectivity index (χ1n) is 3.63. The molecule has 1 aromatic carbocycles. The van der Waals surface area contributed by atoms with Crippen LogP contribution in [0.2, 0.25) is 0 Å². The maximum Gasteiger partial charge on any atom is 0.0370 e. The minimum atomic E-state index is 1.06. The lowest BCUT2D eigenvalue weighted by Gasteiger charge is -2.07. The number of hydrogen-bond acceptors (Lipinski definition) is 2. The molecule has 0 aliphatic heterocycles. The van der Waals surface area contributed by atoms with Gasteiger partial charge in [-0.15, -0.1) is 12.6 Å². The van der Waals surface area contributed by atoms with E-state index in [0.29, 0.717) is 0 Å². The highest BCUT2D eigenvalue weighted by Gasteiger charge is 1.98. The first kappa shape index (κ1) is 8.47. The van der Waals surface area contributed by atoms with Crippen molar-refractivity contribution in [3.8, 4) is 0 Å². The SMILES string of the molecule is CNc1cc(C)c(S)cc1C. The van der Waals surface area contributed by atoms with Crippen LogP contribution in [0.15, 0.2) is 17.0 Å². The molecule has 0 radical (unpaired) electrons. The van der Waals surface area contributed by atoms with Gasteiger partial charge in [0.2, 0.25) is 0 Å². The minimum absolute atomic E-state index is 1.06. The largest absolute Gasteiger partial charge is 0.388 e. The first-order chi connectivity index (χ1) is 5.15. The Morgan fingerprint density at radius 3 is 2.36 bits per heavy atom. The Morgan fingerprint density at radius 2 is 1.82 bits per heavy atom. The van der Waals surface area contributed by atoms with Gasteiger partial charge >= 0.3 is 0 Å². The molecule has 0 bridgehead atoms. The van der Waals surface area contributed by atoms with Gasteiger partial charge in [0.1, 0.15) is 0 Å². The van der Waals surface area contributed by atoms with Gasteiger partial charge in [-0.3, -0.25) is 0 Å². The normalized spacial score (nSPS) is 9.82. The lowest BCUT2D eigenvalue weighted by Crippen LogP contribution is -1.92. The molecule has 0 amide bonds. The second-order valence-electron chi connectivity index (χ2n) is 2.70. The molecule has 0 unspecified atom stereocenters.